The van der Waals surface area contributed by atoms with Crippen LogP contribution >= 0.6 is 0 Å². The highest BCUT2D eigenvalue weighted by Gasteiger charge is 2.42. The van der Waals surface area contributed by atoms with Crippen molar-refractivity contribution < 1.29 is 19.1 Å². The van der Waals surface area contributed by atoms with Gasteiger partial charge in [0.1, 0.15) is 17.7 Å². The normalized spacial score (nSPS) is 13.4. The fourth-order valence-electron chi connectivity index (χ4n) is 4.15. The third kappa shape index (κ3) is 7.33. The van der Waals surface area contributed by atoms with E-state index in [-0.39, 0.29) is 11.8 Å². The van der Waals surface area contributed by atoms with E-state index in [9.17, 15) is 14.4 Å². The Balaban J connectivity index is 2.57. The van der Waals surface area contributed by atoms with Crippen LogP contribution in [0.5, 0.6) is 0 Å². The van der Waals surface area contributed by atoms with Gasteiger partial charge in [-0.2, -0.15) is 0 Å². The molecule has 0 aliphatic heterocycles. The predicted molar refractivity (Wildman–Crippen MR) is 144 cm³/mol. The molecule has 196 valence electrons. The molecule has 0 saturated carbocycles. The molecular weight excluding hydrogens is 454 g/mol. The maximum absolute atomic E-state index is 14.0. The van der Waals surface area contributed by atoms with E-state index in [1.54, 1.807) is 32.6 Å². The van der Waals surface area contributed by atoms with Crippen molar-refractivity contribution in [2.45, 2.75) is 92.5 Å². The second-order valence-corrected chi connectivity index (χ2v) is 11.3. The van der Waals surface area contributed by atoms with Crippen molar-refractivity contribution >= 4 is 23.6 Å². The van der Waals surface area contributed by atoms with Crippen LogP contribution in [0.1, 0.15) is 76.8 Å². The molecule has 2 unspecified atom stereocenters. The summed E-state index contributed by atoms with van der Waals surface area (Å²) in [5, 5.41) is 5.67. The molecule has 36 heavy (non-hydrogen) atoms. The highest BCUT2D eigenvalue weighted by Crippen LogP contribution is 2.34. The largest absolute Gasteiger partial charge is 0.444 e. The van der Waals surface area contributed by atoms with Crippen LogP contribution in [-0.2, 0) is 14.3 Å². The summed E-state index contributed by atoms with van der Waals surface area (Å²) in [6.07, 6.45) is -0.690. The van der Waals surface area contributed by atoms with Gasteiger partial charge in [-0.3, -0.25) is 9.59 Å². The number of alkyl carbamates (subject to hydrolysis) is 1. The van der Waals surface area contributed by atoms with Crippen LogP contribution < -0.4 is 10.6 Å². The summed E-state index contributed by atoms with van der Waals surface area (Å²) >= 11 is 0. The van der Waals surface area contributed by atoms with E-state index in [0.29, 0.717) is 5.69 Å². The predicted octanol–water partition coefficient (Wildman–Crippen LogP) is 5.83. The molecule has 7 nitrogen and oxygen atoms in total. The topological polar surface area (TPSA) is 87.7 Å². The fourth-order valence-corrected chi connectivity index (χ4v) is 4.15. The number of nitrogens with zero attached hydrogens (tertiary/aromatic N) is 1. The van der Waals surface area contributed by atoms with E-state index in [0.717, 1.165) is 22.3 Å². The lowest BCUT2D eigenvalue weighted by Crippen LogP contribution is -2.57. The molecule has 0 spiro atoms. The molecular formula is C29H41N3O4. The second kappa shape index (κ2) is 11.1. The van der Waals surface area contributed by atoms with Crippen LogP contribution in [0.4, 0.5) is 10.5 Å². The quantitative estimate of drug-likeness (QED) is 0.528. The summed E-state index contributed by atoms with van der Waals surface area (Å²) in [6, 6.07) is 11.5. The summed E-state index contributed by atoms with van der Waals surface area (Å²) in [4.78, 5) is 41.9. The summed E-state index contributed by atoms with van der Waals surface area (Å²) in [6.45, 7) is 18.3. The number of anilines is 1. The van der Waals surface area contributed by atoms with Gasteiger partial charge in [-0.05, 0) is 97.6 Å². The van der Waals surface area contributed by atoms with Crippen molar-refractivity contribution in [3.8, 4) is 0 Å². The van der Waals surface area contributed by atoms with E-state index in [4.69, 9.17) is 4.74 Å². The van der Waals surface area contributed by atoms with E-state index >= 15 is 0 Å². The average Bonchev–Trinajstić information content (AvgIpc) is 2.71. The highest BCUT2D eigenvalue weighted by atomic mass is 16.6. The molecule has 2 N–H and O–H groups in total. The first-order valence-electron chi connectivity index (χ1n) is 12.3. The number of amides is 3. The minimum absolute atomic E-state index is 0.325. The molecule has 0 aromatic heterocycles. The van der Waals surface area contributed by atoms with Gasteiger partial charge < -0.3 is 20.3 Å². The zero-order chi connectivity index (χ0) is 27.4. The van der Waals surface area contributed by atoms with Gasteiger partial charge in [0.25, 0.3) is 5.91 Å². The molecule has 2 aromatic carbocycles. The fraction of sp³-hybridized carbons (Fsp3) is 0.483. The smallest absolute Gasteiger partial charge is 0.408 e. The Morgan fingerprint density at radius 1 is 0.833 bits per heavy atom. The standard InChI is InChI=1S/C29H41N3O4/c1-18-14-11-12-17-22(18)31-25(33)24(23-19(2)15-13-16-20(23)3)32(28(5,6)7)26(34)21(4)30-27(35)36-29(8,9)10/h11-17,21,24H,1-10H3,(H,30,35)(H,31,33). The molecule has 0 heterocycles. The summed E-state index contributed by atoms with van der Waals surface area (Å²) < 4.78 is 5.35. The second-order valence-electron chi connectivity index (χ2n) is 11.3. The Morgan fingerprint density at radius 3 is 1.86 bits per heavy atom. The number of rotatable bonds is 6. The van der Waals surface area contributed by atoms with Crippen molar-refractivity contribution in [3.63, 3.8) is 0 Å². The number of hydrogen-bond acceptors (Lipinski definition) is 4. The van der Waals surface area contributed by atoms with Crippen molar-refractivity contribution in [1.82, 2.24) is 10.2 Å². The highest BCUT2D eigenvalue weighted by molar-refractivity contribution is 6.00. The van der Waals surface area contributed by atoms with E-state index in [1.165, 1.54) is 0 Å². The first kappa shape index (κ1) is 28.9. The average molecular weight is 496 g/mol. The minimum Gasteiger partial charge on any atom is -0.444 e. The van der Waals surface area contributed by atoms with Gasteiger partial charge in [0.05, 0.1) is 0 Å². The van der Waals surface area contributed by atoms with Crippen LogP contribution in [0.15, 0.2) is 42.5 Å². The van der Waals surface area contributed by atoms with Gasteiger partial charge in [0, 0.05) is 11.2 Å². The van der Waals surface area contributed by atoms with Crippen molar-refractivity contribution in [1.29, 1.82) is 0 Å². The molecule has 0 bridgehead atoms. The Hall–Kier alpha value is -3.35. The van der Waals surface area contributed by atoms with Crippen LogP contribution in [0.2, 0.25) is 0 Å². The molecule has 2 rings (SSSR count). The lowest BCUT2D eigenvalue weighted by Gasteiger charge is -2.43. The number of carbonyl (C=O) groups excluding carboxylic acids is 3. The molecule has 2 aromatic rings. The Kier molecular flexibility index (Phi) is 8.94. The summed E-state index contributed by atoms with van der Waals surface area (Å²) in [5.41, 5.74) is 2.70. The molecule has 0 radical (unpaired) electrons. The maximum Gasteiger partial charge on any atom is 0.408 e. The minimum atomic E-state index is -0.929. The zero-order valence-corrected chi connectivity index (χ0v) is 23.3. The molecule has 3 amide bonds. The van der Waals surface area contributed by atoms with Gasteiger partial charge in [-0.1, -0.05) is 36.4 Å². The summed E-state index contributed by atoms with van der Waals surface area (Å²) in [5.74, 6) is -0.713. The number of benzene rings is 2. The van der Waals surface area contributed by atoms with Crippen LogP contribution in [0, 0.1) is 20.8 Å². The lowest BCUT2D eigenvalue weighted by molar-refractivity contribution is -0.146. The van der Waals surface area contributed by atoms with Gasteiger partial charge in [0.15, 0.2) is 0 Å². The zero-order valence-electron chi connectivity index (χ0n) is 23.3. The van der Waals surface area contributed by atoms with Crippen molar-refractivity contribution in [2.75, 3.05) is 5.32 Å². The van der Waals surface area contributed by atoms with Crippen LogP contribution in [0.25, 0.3) is 0 Å². The third-order valence-electron chi connectivity index (χ3n) is 5.79. The lowest BCUT2D eigenvalue weighted by atomic mass is 9.90. The van der Waals surface area contributed by atoms with Crippen molar-refractivity contribution in [2.24, 2.45) is 0 Å². The molecule has 2 atom stereocenters. The van der Waals surface area contributed by atoms with Crippen LogP contribution in [-0.4, -0.2) is 40.0 Å². The Morgan fingerprint density at radius 2 is 1.36 bits per heavy atom. The molecule has 0 saturated heterocycles. The first-order valence-corrected chi connectivity index (χ1v) is 12.3. The van der Waals surface area contributed by atoms with Crippen LogP contribution in [0.3, 0.4) is 0 Å². The van der Waals surface area contributed by atoms with Gasteiger partial charge in [0.2, 0.25) is 5.91 Å². The van der Waals surface area contributed by atoms with E-state index < -0.39 is 29.3 Å². The number of para-hydroxylation sites is 1. The number of ether oxygens (including phenoxy) is 1. The van der Waals surface area contributed by atoms with Gasteiger partial charge >= 0.3 is 6.09 Å². The Labute approximate surface area is 215 Å². The van der Waals surface area contributed by atoms with E-state index in [2.05, 4.69) is 10.6 Å². The SMILES string of the molecule is Cc1ccccc1NC(=O)C(c1c(C)cccc1C)N(C(=O)C(C)NC(=O)OC(C)(C)C)C(C)(C)C. The third-order valence-corrected chi connectivity index (χ3v) is 5.79. The number of carbonyl (C=O) groups is 3. The molecule has 0 fully saturated rings. The molecule has 7 heteroatoms. The number of hydrogen-bond donors (Lipinski definition) is 2. The summed E-state index contributed by atoms with van der Waals surface area (Å²) in [7, 11) is 0. The monoisotopic (exact) mass is 495 g/mol. The molecule has 0 aliphatic carbocycles. The number of nitrogens with one attached hydrogen (secondary N) is 2. The first-order chi connectivity index (χ1) is 16.5. The Bertz CT molecular complexity index is 1090. The van der Waals surface area contributed by atoms with Gasteiger partial charge in [-0.15, -0.1) is 0 Å². The maximum atomic E-state index is 14.0. The van der Waals surface area contributed by atoms with Gasteiger partial charge in [-0.25, -0.2) is 4.79 Å². The van der Waals surface area contributed by atoms with Crippen molar-refractivity contribution in [3.05, 3.63) is 64.7 Å². The number of aryl methyl sites for hydroxylation is 3. The van der Waals surface area contributed by atoms with E-state index in [1.807, 2.05) is 84.0 Å². The molecule has 0 aliphatic rings.